The molecule has 1 N–H and O–H groups in total. The van der Waals surface area contributed by atoms with Gasteiger partial charge in [0.05, 0.1) is 38.1 Å². The molecule has 1 unspecified atom stereocenters. The number of nitrogens with one attached hydrogen (secondary N) is 1. The monoisotopic (exact) mass is 828 g/mol. The number of methoxy groups -OCH3 is 1. The third-order valence-corrected chi connectivity index (χ3v) is 12.9. The molecule has 5 aliphatic rings. The number of likely N-dealkylation sites (tertiary alicyclic amines) is 1. The Morgan fingerprint density at radius 1 is 0.902 bits per heavy atom. The zero-order valence-electron chi connectivity index (χ0n) is 35.6. The topological polar surface area (TPSA) is 133 Å². The fraction of sp³-hybridized carbons (Fsp3) is 0.468. The minimum atomic E-state index is -0.544. The minimum absolute atomic E-state index is 0.0672. The van der Waals surface area contributed by atoms with Crippen molar-refractivity contribution in [3.63, 3.8) is 0 Å². The fourth-order valence-corrected chi connectivity index (χ4v) is 9.26. The zero-order chi connectivity index (χ0) is 42.3. The summed E-state index contributed by atoms with van der Waals surface area (Å²) in [6.45, 7) is 12.0. The second-order valence-electron chi connectivity index (χ2n) is 18.1. The Morgan fingerprint density at radius 3 is 2.33 bits per heavy atom. The molecule has 6 heterocycles. The van der Waals surface area contributed by atoms with Gasteiger partial charge in [0.15, 0.2) is 0 Å². The van der Waals surface area contributed by atoms with Crippen molar-refractivity contribution in [1.82, 2.24) is 24.7 Å². The van der Waals surface area contributed by atoms with Crippen molar-refractivity contribution >= 4 is 41.0 Å². The maximum absolute atomic E-state index is 13.5. The molecular formula is C47H56N8O6. The van der Waals surface area contributed by atoms with E-state index in [1.165, 1.54) is 10.5 Å². The lowest BCUT2D eigenvalue weighted by Gasteiger charge is -2.50. The molecule has 4 saturated heterocycles. The van der Waals surface area contributed by atoms with Gasteiger partial charge < -0.3 is 29.3 Å². The lowest BCUT2D eigenvalue weighted by molar-refractivity contribution is -0.129. The van der Waals surface area contributed by atoms with Crippen LogP contribution in [-0.2, 0) is 33.8 Å². The lowest BCUT2D eigenvalue weighted by atomic mass is 9.82. The molecule has 1 aromatic heterocycles. The summed E-state index contributed by atoms with van der Waals surface area (Å²) in [6.07, 6.45) is 5.64. The highest BCUT2D eigenvalue weighted by molar-refractivity contribution is 6.05. The van der Waals surface area contributed by atoms with E-state index in [4.69, 9.17) is 19.2 Å². The SMILES string of the molecule is COc1ccc(CN2C(=O)CCN(c3ccc(N4CC(N5CCC6(CC5)CC(c5ccc(Nc7ncc8c(n7)CN(C(=O)OC(C)(C)C)CC8)cc5)CO6)C4)cc3)C2=O)cc1. The molecule has 14 nitrogen and oxygen atoms in total. The number of nitrogens with zero attached hydrogens (tertiary/aromatic N) is 7. The summed E-state index contributed by atoms with van der Waals surface area (Å²) in [5.74, 6) is 1.45. The molecular weight excluding hydrogens is 773 g/mol. The number of hydrogen-bond acceptors (Lipinski definition) is 11. The number of amides is 4. The predicted octanol–water partition coefficient (Wildman–Crippen LogP) is 7.11. The van der Waals surface area contributed by atoms with E-state index in [2.05, 4.69) is 56.5 Å². The molecule has 1 spiro atoms. The molecule has 4 aromatic rings. The van der Waals surface area contributed by atoms with Gasteiger partial charge in [0, 0.05) is 80.9 Å². The molecule has 320 valence electrons. The van der Waals surface area contributed by atoms with Gasteiger partial charge in [-0.25, -0.2) is 19.6 Å². The number of ether oxygens (including phenoxy) is 3. The number of rotatable bonds is 9. The van der Waals surface area contributed by atoms with Gasteiger partial charge in [-0.2, -0.15) is 0 Å². The first-order valence-electron chi connectivity index (χ1n) is 21.6. The van der Waals surface area contributed by atoms with Gasteiger partial charge in [0.2, 0.25) is 11.9 Å². The molecule has 61 heavy (non-hydrogen) atoms. The number of imide groups is 1. The smallest absolute Gasteiger partial charge is 0.410 e. The summed E-state index contributed by atoms with van der Waals surface area (Å²) in [5, 5.41) is 3.35. The van der Waals surface area contributed by atoms with E-state index >= 15 is 0 Å². The average molecular weight is 829 g/mol. The number of anilines is 4. The van der Waals surface area contributed by atoms with Gasteiger partial charge in [-0.3, -0.25) is 19.5 Å². The molecule has 0 saturated carbocycles. The van der Waals surface area contributed by atoms with E-state index in [0.717, 1.165) is 91.7 Å². The normalized spacial score (nSPS) is 20.8. The Labute approximate surface area is 357 Å². The van der Waals surface area contributed by atoms with Crippen molar-refractivity contribution in [2.45, 2.75) is 89.1 Å². The van der Waals surface area contributed by atoms with Crippen LogP contribution in [0, 0.1) is 0 Å². The minimum Gasteiger partial charge on any atom is -0.497 e. The molecule has 4 fully saturated rings. The van der Waals surface area contributed by atoms with Crippen LogP contribution < -0.4 is 19.9 Å². The number of aromatic nitrogens is 2. The first-order chi connectivity index (χ1) is 29.4. The number of fused-ring (bicyclic) bond motifs is 1. The van der Waals surface area contributed by atoms with E-state index in [1.807, 2.05) is 63.4 Å². The van der Waals surface area contributed by atoms with Crippen LogP contribution in [0.2, 0.25) is 0 Å². The largest absolute Gasteiger partial charge is 0.497 e. The highest BCUT2D eigenvalue weighted by Gasteiger charge is 2.45. The molecule has 0 bridgehead atoms. The highest BCUT2D eigenvalue weighted by Crippen LogP contribution is 2.44. The van der Waals surface area contributed by atoms with Crippen LogP contribution in [0.1, 0.15) is 74.8 Å². The zero-order valence-corrected chi connectivity index (χ0v) is 35.6. The van der Waals surface area contributed by atoms with Gasteiger partial charge in [0.1, 0.15) is 11.4 Å². The van der Waals surface area contributed by atoms with Crippen LogP contribution in [0.15, 0.2) is 79.0 Å². The number of urea groups is 1. The second kappa shape index (κ2) is 16.6. The summed E-state index contributed by atoms with van der Waals surface area (Å²) < 4.78 is 17.4. The van der Waals surface area contributed by atoms with Crippen molar-refractivity contribution in [3.05, 3.63) is 101 Å². The van der Waals surface area contributed by atoms with Gasteiger partial charge in [-0.05, 0) is 112 Å². The molecule has 9 rings (SSSR count). The van der Waals surface area contributed by atoms with Crippen LogP contribution in [0.3, 0.4) is 0 Å². The Morgan fingerprint density at radius 2 is 1.62 bits per heavy atom. The Kier molecular flexibility index (Phi) is 11.1. The highest BCUT2D eigenvalue weighted by atomic mass is 16.6. The maximum Gasteiger partial charge on any atom is 0.410 e. The molecule has 4 amide bonds. The lowest BCUT2D eigenvalue weighted by Crippen LogP contribution is -2.62. The number of benzene rings is 3. The number of carbonyl (C=O) groups excluding carboxylic acids is 3. The molecule has 14 heteroatoms. The van der Waals surface area contributed by atoms with Crippen molar-refractivity contribution in [1.29, 1.82) is 0 Å². The molecule has 5 aliphatic heterocycles. The van der Waals surface area contributed by atoms with Crippen LogP contribution >= 0.6 is 0 Å². The number of hydrogen-bond donors (Lipinski definition) is 1. The summed E-state index contributed by atoms with van der Waals surface area (Å²) in [4.78, 5) is 58.0. The van der Waals surface area contributed by atoms with Crippen LogP contribution in [0.5, 0.6) is 5.75 Å². The third-order valence-electron chi connectivity index (χ3n) is 12.9. The Balaban J connectivity index is 0.726. The van der Waals surface area contributed by atoms with E-state index in [0.29, 0.717) is 50.4 Å². The van der Waals surface area contributed by atoms with Crippen LogP contribution in [0.25, 0.3) is 0 Å². The third kappa shape index (κ3) is 8.87. The van der Waals surface area contributed by atoms with E-state index < -0.39 is 5.60 Å². The standard InChI is InChI=1S/C47H56N8O6/c1-46(2,3)61-45(58)52-21-17-34-26-48-43(50-41(34)30-52)49-36-9-7-33(8-10-36)35-25-47(60-31-35)19-23-51(24-20-47)39-28-53(29-39)37-11-13-38(14-12-37)54-22-18-42(56)55(44(54)57)27-32-5-15-40(59-4)16-6-32/h5-16,26,35,39H,17-25,27-31H2,1-4H3,(H,48,49,50). The first-order valence-corrected chi connectivity index (χ1v) is 21.6. The van der Waals surface area contributed by atoms with Gasteiger partial charge in [-0.1, -0.05) is 24.3 Å². The maximum atomic E-state index is 13.5. The molecule has 0 aliphatic carbocycles. The van der Waals surface area contributed by atoms with Gasteiger partial charge >= 0.3 is 12.1 Å². The molecule has 0 radical (unpaired) electrons. The van der Waals surface area contributed by atoms with Crippen molar-refractivity contribution in [3.8, 4) is 5.75 Å². The van der Waals surface area contributed by atoms with Crippen molar-refractivity contribution < 1.29 is 28.6 Å². The van der Waals surface area contributed by atoms with Crippen LogP contribution in [-0.4, -0.2) is 113 Å². The Bertz CT molecular complexity index is 2230. The van der Waals surface area contributed by atoms with E-state index in [-0.39, 0.29) is 30.2 Å². The second-order valence-corrected chi connectivity index (χ2v) is 18.1. The van der Waals surface area contributed by atoms with E-state index in [9.17, 15) is 14.4 Å². The van der Waals surface area contributed by atoms with Crippen molar-refractivity contribution in [2.24, 2.45) is 0 Å². The summed E-state index contributed by atoms with van der Waals surface area (Å²) in [5.41, 5.74) is 6.32. The summed E-state index contributed by atoms with van der Waals surface area (Å²) >= 11 is 0. The molecule has 1 atom stereocenters. The van der Waals surface area contributed by atoms with Gasteiger partial charge in [0.25, 0.3) is 0 Å². The van der Waals surface area contributed by atoms with E-state index in [1.54, 1.807) is 16.9 Å². The molecule has 3 aromatic carbocycles. The summed E-state index contributed by atoms with van der Waals surface area (Å²) in [6, 6.07) is 24.4. The Hall–Kier alpha value is -5.73. The average Bonchev–Trinajstić information content (AvgIpc) is 3.65. The number of carbonyl (C=O) groups is 3. The quantitative estimate of drug-likeness (QED) is 0.185. The number of piperidine rings is 1. The van der Waals surface area contributed by atoms with Gasteiger partial charge in [-0.15, -0.1) is 0 Å². The fourth-order valence-electron chi connectivity index (χ4n) is 9.26. The predicted molar refractivity (Wildman–Crippen MR) is 232 cm³/mol. The first kappa shape index (κ1) is 40.7. The van der Waals surface area contributed by atoms with Crippen molar-refractivity contribution in [2.75, 3.05) is 68.1 Å². The van der Waals surface area contributed by atoms with Crippen LogP contribution in [0.4, 0.5) is 32.6 Å². The summed E-state index contributed by atoms with van der Waals surface area (Å²) in [7, 11) is 1.61.